The second-order valence-electron chi connectivity index (χ2n) is 9.57. The van der Waals surface area contributed by atoms with Crippen LogP contribution in [0.1, 0.15) is 30.5 Å². The number of aromatic amines is 1. The van der Waals surface area contributed by atoms with Crippen LogP contribution in [0.4, 0.5) is 16.4 Å². The quantitative estimate of drug-likeness (QED) is 0.159. The van der Waals surface area contributed by atoms with Crippen molar-refractivity contribution in [2.24, 2.45) is 0 Å². The van der Waals surface area contributed by atoms with Crippen molar-refractivity contribution in [1.82, 2.24) is 25.6 Å². The fourth-order valence-corrected chi connectivity index (χ4v) is 4.41. The molecular formula is C31H31N7O3. The molecule has 5 rings (SSSR count). The molecule has 0 fully saturated rings. The van der Waals surface area contributed by atoms with Crippen LogP contribution >= 0.6 is 0 Å². The molecule has 41 heavy (non-hydrogen) atoms. The van der Waals surface area contributed by atoms with Gasteiger partial charge in [-0.1, -0.05) is 60.7 Å². The predicted octanol–water partition coefficient (Wildman–Crippen LogP) is 5.33. The van der Waals surface area contributed by atoms with Gasteiger partial charge in [-0.3, -0.25) is 4.79 Å². The predicted molar refractivity (Wildman–Crippen MR) is 159 cm³/mol. The van der Waals surface area contributed by atoms with Crippen LogP contribution in [0.3, 0.4) is 0 Å². The Morgan fingerprint density at radius 2 is 1.61 bits per heavy atom. The second-order valence-corrected chi connectivity index (χ2v) is 9.57. The van der Waals surface area contributed by atoms with Crippen molar-refractivity contribution in [3.63, 3.8) is 0 Å². The van der Waals surface area contributed by atoms with Crippen LogP contribution < -0.4 is 26.4 Å². The summed E-state index contributed by atoms with van der Waals surface area (Å²) < 4.78 is 5.90. The summed E-state index contributed by atoms with van der Waals surface area (Å²) in [5.74, 6) is 0.668. The zero-order valence-electron chi connectivity index (χ0n) is 22.5. The van der Waals surface area contributed by atoms with Crippen molar-refractivity contribution in [3.05, 3.63) is 108 Å². The first kappa shape index (κ1) is 27.2. The van der Waals surface area contributed by atoms with Gasteiger partial charge in [0, 0.05) is 11.9 Å². The number of rotatable bonds is 10. The van der Waals surface area contributed by atoms with Crippen LogP contribution in [-0.2, 0) is 11.2 Å². The number of aromatic nitrogens is 3. The number of hydrogen-bond donors (Lipinski definition) is 5. The summed E-state index contributed by atoms with van der Waals surface area (Å²) in [5, 5.41) is 9.37. The van der Waals surface area contributed by atoms with E-state index in [2.05, 4.69) is 30.9 Å². The number of nitrogens with one attached hydrogen (secondary N) is 4. The highest BCUT2D eigenvalue weighted by molar-refractivity contribution is 5.94. The lowest BCUT2D eigenvalue weighted by Gasteiger charge is -2.22. The highest BCUT2D eigenvalue weighted by Crippen LogP contribution is 2.28. The summed E-state index contributed by atoms with van der Waals surface area (Å²) >= 11 is 0. The molecule has 5 aromatic rings. The van der Waals surface area contributed by atoms with Crippen molar-refractivity contribution in [2.45, 2.75) is 31.8 Å². The summed E-state index contributed by atoms with van der Waals surface area (Å²) in [6.45, 7) is 1.92. The maximum atomic E-state index is 13.3. The molecule has 0 aliphatic heterocycles. The molecule has 0 saturated heterocycles. The number of amides is 3. The van der Waals surface area contributed by atoms with Crippen LogP contribution in [0, 0.1) is 0 Å². The normalized spacial score (nSPS) is 12.3. The van der Waals surface area contributed by atoms with Crippen molar-refractivity contribution < 1.29 is 14.3 Å². The highest BCUT2D eigenvalue weighted by atomic mass is 16.5. The lowest BCUT2D eigenvalue weighted by atomic mass is 10.0. The van der Waals surface area contributed by atoms with Crippen molar-refractivity contribution in [3.8, 4) is 11.6 Å². The van der Waals surface area contributed by atoms with Gasteiger partial charge in [0.2, 0.25) is 17.7 Å². The smallest absolute Gasteiger partial charge is 0.319 e. The standard InChI is InChI=1S/C31H31N7O3/c1-20(22-10-6-3-7-11-22)34-28(39)26(17-12-21-8-4-2-5-9-21)36-31(40)35-23-13-15-24(16-14-23)41-29-25-18-19-33-27(25)37-30(32)38-29/h2-11,13-16,18-20,26H,12,17H2,1H3,(H,34,39)(H2,35,36,40)(H3,32,33,37,38)/t20-,26+/m1/s1. The van der Waals surface area contributed by atoms with Crippen LogP contribution in [-0.4, -0.2) is 32.9 Å². The largest absolute Gasteiger partial charge is 0.438 e. The number of nitrogens with two attached hydrogens (primary N) is 1. The molecule has 10 heteroatoms. The lowest BCUT2D eigenvalue weighted by molar-refractivity contribution is -0.123. The lowest BCUT2D eigenvalue weighted by Crippen LogP contribution is -2.48. The van der Waals surface area contributed by atoms with Gasteiger partial charge >= 0.3 is 6.03 Å². The fraction of sp³-hybridized carbons (Fsp3) is 0.161. The number of fused-ring (bicyclic) bond motifs is 1. The number of hydrogen-bond acceptors (Lipinski definition) is 6. The zero-order chi connectivity index (χ0) is 28.6. The molecule has 0 bridgehead atoms. The van der Waals surface area contributed by atoms with E-state index in [1.54, 1.807) is 36.5 Å². The number of nitrogens with zero attached hydrogens (tertiary/aromatic N) is 2. The molecule has 2 aromatic heterocycles. The van der Waals surface area contributed by atoms with Gasteiger partial charge in [-0.05, 0) is 61.2 Å². The maximum absolute atomic E-state index is 13.3. The van der Waals surface area contributed by atoms with E-state index >= 15 is 0 Å². The Bertz CT molecular complexity index is 1610. The summed E-state index contributed by atoms with van der Waals surface area (Å²) in [4.78, 5) is 37.5. The number of H-pyrrole nitrogens is 1. The minimum absolute atomic E-state index is 0.0916. The molecule has 0 aliphatic rings. The molecule has 3 amide bonds. The van der Waals surface area contributed by atoms with E-state index in [1.165, 1.54) is 0 Å². The van der Waals surface area contributed by atoms with Crippen LogP contribution in [0.2, 0.25) is 0 Å². The average molecular weight is 550 g/mol. The van der Waals surface area contributed by atoms with Crippen LogP contribution in [0.25, 0.3) is 11.0 Å². The van der Waals surface area contributed by atoms with Gasteiger partial charge in [-0.2, -0.15) is 9.97 Å². The second kappa shape index (κ2) is 12.6. The topological polar surface area (TPSA) is 147 Å². The van der Waals surface area contributed by atoms with Gasteiger partial charge in [0.1, 0.15) is 17.4 Å². The van der Waals surface area contributed by atoms with E-state index in [0.29, 0.717) is 41.2 Å². The minimum atomic E-state index is -0.740. The Labute approximate surface area is 237 Å². The Balaban J connectivity index is 1.22. The molecule has 208 valence electrons. The molecule has 2 atom stereocenters. The Kier molecular flexibility index (Phi) is 8.39. The average Bonchev–Trinajstić information content (AvgIpc) is 3.46. The Morgan fingerprint density at radius 1 is 0.902 bits per heavy atom. The molecule has 6 N–H and O–H groups in total. The Hall–Kier alpha value is -5.38. The summed E-state index contributed by atoms with van der Waals surface area (Å²) in [6, 6.07) is 26.7. The van der Waals surface area contributed by atoms with Gasteiger partial charge in [-0.25, -0.2) is 4.79 Å². The maximum Gasteiger partial charge on any atom is 0.319 e. The molecule has 10 nitrogen and oxygen atoms in total. The minimum Gasteiger partial charge on any atom is -0.438 e. The molecule has 0 unspecified atom stereocenters. The van der Waals surface area contributed by atoms with Gasteiger partial charge < -0.3 is 31.4 Å². The molecule has 0 radical (unpaired) electrons. The summed E-state index contributed by atoms with van der Waals surface area (Å²) in [6.07, 6.45) is 2.80. The number of carbonyl (C=O) groups is 2. The van der Waals surface area contributed by atoms with Crippen molar-refractivity contribution >= 4 is 34.6 Å². The van der Waals surface area contributed by atoms with E-state index in [9.17, 15) is 9.59 Å². The van der Waals surface area contributed by atoms with E-state index in [-0.39, 0.29) is 17.9 Å². The first-order valence-electron chi connectivity index (χ1n) is 13.3. The van der Waals surface area contributed by atoms with Gasteiger partial charge in [0.25, 0.3) is 0 Å². The number of aryl methyl sites for hydroxylation is 1. The van der Waals surface area contributed by atoms with Crippen LogP contribution in [0.5, 0.6) is 11.6 Å². The number of anilines is 2. The molecule has 2 heterocycles. The molecular weight excluding hydrogens is 518 g/mol. The van der Waals surface area contributed by atoms with Crippen LogP contribution in [0.15, 0.2) is 97.2 Å². The molecule has 0 saturated carbocycles. The highest BCUT2D eigenvalue weighted by Gasteiger charge is 2.23. The van der Waals surface area contributed by atoms with E-state index in [4.69, 9.17) is 10.5 Å². The SMILES string of the molecule is C[C@@H](NC(=O)[C@H](CCc1ccccc1)NC(=O)Nc1ccc(Oc2nc(N)nc3[nH]ccc23)cc1)c1ccccc1. The number of benzene rings is 3. The zero-order valence-corrected chi connectivity index (χ0v) is 22.5. The van der Waals surface area contributed by atoms with Crippen molar-refractivity contribution in [1.29, 1.82) is 0 Å². The summed E-state index contributed by atoms with van der Waals surface area (Å²) in [5.41, 5.74) is 8.96. The molecule has 0 spiro atoms. The summed E-state index contributed by atoms with van der Waals surface area (Å²) in [7, 11) is 0. The third-order valence-corrected chi connectivity index (χ3v) is 6.57. The first-order chi connectivity index (χ1) is 19.9. The van der Waals surface area contributed by atoms with Gasteiger partial charge in [0.15, 0.2) is 0 Å². The number of nitrogen functional groups attached to an aromatic ring is 1. The van der Waals surface area contributed by atoms with Gasteiger partial charge in [0.05, 0.1) is 11.4 Å². The van der Waals surface area contributed by atoms with Crippen molar-refractivity contribution in [2.75, 3.05) is 11.1 Å². The third-order valence-electron chi connectivity index (χ3n) is 6.57. The van der Waals surface area contributed by atoms with E-state index < -0.39 is 12.1 Å². The Morgan fingerprint density at radius 3 is 2.34 bits per heavy atom. The fourth-order valence-electron chi connectivity index (χ4n) is 4.41. The molecule has 0 aliphatic carbocycles. The monoisotopic (exact) mass is 549 g/mol. The number of ether oxygens (including phenoxy) is 1. The van der Waals surface area contributed by atoms with E-state index in [1.807, 2.05) is 67.6 Å². The number of carbonyl (C=O) groups excluding carboxylic acids is 2. The third kappa shape index (κ3) is 7.18. The number of urea groups is 1. The van der Waals surface area contributed by atoms with E-state index in [0.717, 1.165) is 11.1 Å². The van der Waals surface area contributed by atoms with Gasteiger partial charge in [-0.15, -0.1) is 0 Å². The first-order valence-corrected chi connectivity index (χ1v) is 13.3. The molecule has 3 aromatic carbocycles.